The number of likely N-dealkylation sites (tertiary alicyclic amines) is 1. The molecule has 8 heteroatoms. The lowest BCUT2D eigenvalue weighted by molar-refractivity contribution is 0.0954. The molecule has 0 unspecified atom stereocenters. The molecule has 0 aromatic carbocycles. The zero-order valence-corrected chi connectivity index (χ0v) is 17.6. The molecule has 2 saturated heterocycles. The molecule has 2 fully saturated rings. The fourth-order valence-electron chi connectivity index (χ4n) is 4.30. The van der Waals surface area contributed by atoms with E-state index in [9.17, 15) is 9.18 Å². The molecule has 156 valence electrons. The maximum Gasteiger partial charge on any atom is 0.263 e. The summed E-state index contributed by atoms with van der Waals surface area (Å²) in [5.74, 6) is 0.154. The average Bonchev–Trinajstić information content (AvgIpc) is 3.23. The number of carbonyl (C=O) groups is 1. The summed E-state index contributed by atoms with van der Waals surface area (Å²) in [4.78, 5) is 26.3. The second-order valence-electron chi connectivity index (χ2n) is 8.08. The number of nitrogens with zero attached hydrogens (tertiary/aromatic N) is 4. The molecule has 0 spiro atoms. The third-order valence-corrected chi connectivity index (χ3v) is 6.97. The highest BCUT2D eigenvalue weighted by Crippen LogP contribution is 2.28. The summed E-state index contributed by atoms with van der Waals surface area (Å²) in [5.41, 5.74) is 0.236. The van der Waals surface area contributed by atoms with E-state index in [2.05, 4.69) is 32.0 Å². The van der Waals surface area contributed by atoms with Gasteiger partial charge in [0.05, 0.1) is 18.4 Å². The summed E-state index contributed by atoms with van der Waals surface area (Å²) < 4.78 is 13.6. The molecule has 6 nitrogen and oxygen atoms in total. The molecule has 4 rings (SSSR count). The van der Waals surface area contributed by atoms with E-state index in [-0.39, 0.29) is 18.1 Å². The van der Waals surface area contributed by atoms with E-state index >= 15 is 0 Å². The predicted molar refractivity (Wildman–Crippen MR) is 113 cm³/mol. The molecule has 0 aliphatic carbocycles. The van der Waals surface area contributed by atoms with Gasteiger partial charge in [0.15, 0.2) is 5.13 Å². The van der Waals surface area contributed by atoms with Crippen molar-refractivity contribution in [3.05, 3.63) is 40.9 Å². The van der Waals surface area contributed by atoms with E-state index in [4.69, 9.17) is 0 Å². The Morgan fingerprint density at radius 2 is 2.10 bits per heavy atom. The van der Waals surface area contributed by atoms with Gasteiger partial charge in [-0.1, -0.05) is 18.3 Å². The van der Waals surface area contributed by atoms with Crippen molar-refractivity contribution in [3.63, 3.8) is 0 Å². The van der Waals surface area contributed by atoms with E-state index in [1.807, 2.05) is 0 Å². The molecule has 29 heavy (non-hydrogen) atoms. The number of piperidine rings is 2. The molecule has 1 amide bonds. The van der Waals surface area contributed by atoms with E-state index in [1.54, 1.807) is 6.20 Å². The van der Waals surface area contributed by atoms with Crippen LogP contribution in [0.1, 0.15) is 48.0 Å². The lowest BCUT2D eigenvalue weighted by Gasteiger charge is -2.41. The third-order valence-electron chi connectivity index (χ3n) is 5.91. The molecule has 1 atom stereocenters. The molecule has 2 aliphatic heterocycles. The second-order valence-corrected chi connectivity index (χ2v) is 9.09. The molecular weight excluding hydrogens is 389 g/mol. The summed E-state index contributed by atoms with van der Waals surface area (Å²) in [7, 11) is 0. The number of thiazole rings is 1. The zero-order valence-electron chi connectivity index (χ0n) is 16.8. The second kappa shape index (κ2) is 9.17. The van der Waals surface area contributed by atoms with Crippen LogP contribution in [0.2, 0.25) is 0 Å². The van der Waals surface area contributed by atoms with Gasteiger partial charge in [0.25, 0.3) is 5.91 Å². The van der Waals surface area contributed by atoms with Crippen LogP contribution < -0.4 is 10.2 Å². The molecule has 2 aromatic heterocycles. The first kappa shape index (κ1) is 20.2. The van der Waals surface area contributed by atoms with Gasteiger partial charge in [-0.3, -0.25) is 14.7 Å². The molecule has 4 heterocycles. The summed E-state index contributed by atoms with van der Waals surface area (Å²) in [6, 6.07) is 3.54. The number of hydrogen-bond acceptors (Lipinski definition) is 6. The minimum atomic E-state index is -0.413. The van der Waals surface area contributed by atoms with Crippen molar-refractivity contribution in [2.45, 2.75) is 45.2 Å². The molecule has 0 radical (unpaired) electrons. The van der Waals surface area contributed by atoms with Crippen LogP contribution in [0.4, 0.5) is 9.52 Å². The molecule has 2 aromatic rings. The monoisotopic (exact) mass is 417 g/mol. The smallest absolute Gasteiger partial charge is 0.263 e. The maximum atomic E-state index is 13.6. The molecule has 0 saturated carbocycles. The van der Waals surface area contributed by atoms with E-state index in [1.165, 1.54) is 55.6 Å². The van der Waals surface area contributed by atoms with Crippen molar-refractivity contribution in [1.82, 2.24) is 20.2 Å². The van der Waals surface area contributed by atoms with Crippen LogP contribution >= 0.6 is 11.3 Å². The van der Waals surface area contributed by atoms with Crippen LogP contribution in [-0.4, -0.2) is 53.0 Å². The fourth-order valence-corrected chi connectivity index (χ4v) is 5.18. The minimum Gasteiger partial charge on any atom is -0.348 e. The lowest BCUT2D eigenvalue weighted by atomic mass is 9.95. The Bertz CT molecular complexity index is 836. The first-order valence-corrected chi connectivity index (χ1v) is 11.2. The van der Waals surface area contributed by atoms with Crippen molar-refractivity contribution in [1.29, 1.82) is 0 Å². The maximum absolute atomic E-state index is 13.6. The first-order chi connectivity index (χ1) is 14.1. The Morgan fingerprint density at radius 1 is 1.28 bits per heavy atom. The summed E-state index contributed by atoms with van der Waals surface area (Å²) in [5, 5.41) is 3.62. The van der Waals surface area contributed by atoms with E-state index < -0.39 is 5.82 Å². The van der Waals surface area contributed by atoms with E-state index in [0.29, 0.717) is 10.9 Å². The van der Waals surface area contributed by atoms with E-state index in [0.717, 1.165) is 37.0 Å². The number of aromatic nitrogens is 2. The van der Waals surface area contributed by atoms with Gasteiger partial charge >= 0.3 is 0 Å². The number of nitrogens with one attached hydrogen (secondary N) is 1. The van der Waals surface area contributed by atoms with Gasteiger partial charge in [-0.25, -0.2) is 9.37 Å². The summed E-state index contributed by atoms with van der Waals surface area (Å²) in [6.07, 6.45) is 8.09. The van der Waals surface area contributed by atoms with Crippen LogP contribution in [0.15, 0.2) is 24.5 Å². The largest absolute Gasteiger partial charge is 0.348 e. The highest BCUT2D eigenvalue weighted by atomic mass is 32.1. The molecule has 2 aliphatic rings. The van der Waals surface area contributed by atoms with Gasteiger partial charge in [-0.2, -0.15) is 0 Å². The Labute approximate surface area is 175 Å². The predicted octanol–water partition coefficient (Wildman–Crippen LogP) is 3.31. The zero-order chi connectivity index (χ0) is 20.2. The Hall–Kier alpha value is -2.06. The van der Waals surface area contributed by atoms with Gasteiger partial charge in [0.2, 0.25) is 0 Å². The topological polar surface area (TPSA) is 61.4 Å². The van der Waals surface area contributed by atoms with Crippen molar-refractivity contribution in [2.75, 3.05) is 31.1 Å². The SMILES string of the molecule is C[C@@H]1CCCN(C2CCN(c3ncc(C(=O)NCc4ncccc4F)s3)CC2)C1. The number of amides is 1. The number of halogens is 1. The third kappa shape index (κ3) is 4.93. The van der Waals surface area contributed by atoms with Crippen LogP contribution in [-0.2, 0) is 6.54 Å². The van der Waals surface area contributed by atoms with Crippen molar-refractivity contribution in [2.24, 2.45) is 5.92 Å². The highest BCUT2D eigenvalue weighted by Gasteiger charge is 2.28. The number of anilines is 1. The first-order valence-electron chi connectivity index (χ1n) is 10.4. The Kier molecular flexibility index (Phi) is 6.40. The Balaban J connectivity index is 1.29. The summed E-state index contributed by atoms with van der Waals surface area (Å²) in [6.45, 7) is 6.83. The number of pyridine rings is 1. The normalized spacial score (nSPS) is 21.3. The van der Waals surface area contributed by atoms with Crippen LogP contribution in [0.5, 0.6) is 0 Å². The van der Waals surface area contributed by atoms with Crippen LogP contribution in [0.3, 0.4) is 0 Å². The van der Waals surface area contributed by atoms with Crippen LogP contribution in [0.25, 0.3) is 0 Å². The molecular formula is C21H28FN5OS. The van der Waals surface area contributed by atoms with Gasteiger partial charge < -0.3 is 10.2 Å². The highest BCUT2D eigenvalue weighted by molar-refractivity contribution is 7.17. The molecule has 0 bridgehead atoms. The van der Waals surface area contributed by atoms with Gasteiger partial charge in [0, 0.05) is 31.9 Å². The molecule has 1 N–H and O–H groups in total. The number of carbonyl (C=O) groups excluding carboxylic acids is 1. The van der Waals surface area contributed by atoms with Crippen LogP contribution in [0, 0.1) is 11.7 Å². The Morgan fingerprint density at radius 3 is 2.86 bits per heavy atom. The summed E-state index contributed by atoms with van der Waals surface area (Å²) >= 11 is 1.40. The average molecular weight is 418 g/mol. The minimum absolute atomic E-state index is 0.0678. The number of hydrogen-bond donors (Lipinski definition) is 1. The fraction of sp³-hybridized carbons (Fsp3) is 0.571. The van der Waals surface area contributed by atoms with Gasteiger partial charge in [0.1, 0.15) is 10.7 Å². The van der Waals surface area contributed by atoms with Gasteiger partial charge in [-0.15, -0.1) is 0 Å². The van der Waals surface area contributed by atoms with Crippen molar-refractivity contribution < 1.29 is 9.18 Å². The standard InChI is InChI=1S/C21H28FN5OS/c1-15-4-3-9-27(14-15)16-6-10-26(11-7-16)21-25-13-19(29-21)20(28)24-12-18-17(22)5-2-8-23-18/h2,5,8,13,15-16H,3-4,6-7,9-12,14H2,1H3,(H,24,28)/t15-/m1/s1. The lowest BCUT2D eigenvalue weighted by Crippen LogP contribution is -2.48. The quantitative estimate of drug-likeness (QED) is 0.809. The van der Waals surface area contributed by atoms with Gasteiger partial charge in [-0.05, 0) is 50.3 Å². The van der Waals surface area contributed by atoms with Crippen molar-refractivity contribution >= 4 is 22.4 Å². The van der Waals surface area contributed by atoms with Crippen molar-refractivity contribution in [3.8, 4) is 0 Å². The number of rotatable bonds is 5.